The fourth-order valence-electron chi connectivity index (χ4n) is 4.07. The van der Waals surface area contributed by atoms with E-state index in [1.165, 1.54) is 0 Å². The number of nitrogens with zero attached hydrogens (tertiary/aromatic N) is 3. The Morgan fingerprint density at radius 2 is 1.84 bits per heavy atom. The molecule has 2 heterocycles. The van der Waals surface area contributed by atoms with Crippen molar-refractivity contribution in [3.63, 3.8) is 0 Å². The number of benzene rings is 2. The zero-order chi connectivity index (χ0) is 22.5. The highest BCUT2D eigenvalue weighted by Crippen LogP contribution is 2.34. The van der Waals surface area contributed by atoms with Gasteiger partial charge in [0, 0.05) is 31.7 Å². The largest absolute Gasteiger partial charge is 0.439 e. The molecule has 6 heteroatoms. The van der Waals surface area contributed by atoms with Crippen molar-refractivity contribution in [1.82, 2.24) is 14.7 Å². The lowest BCUT2D eigenvalue weighted by Crippen LogP contribution is -2.39. The molecule has 6 nitrogen and oxygen atoms in total. The number of aromatic nitrogens is 2. The molecule has 1 saturated heterocycles. The molecule has 0 N–H and O–H groups in total. The van der Waals surface area contributed by atoms with Gasteiger partial charge in [-0.05, 0) is 25.0 Å². The second-order valence-electron chi connectivity index (χ2n) is 8.55. The minimum atomic E-state index is -0.105. The van der Waals surface area contributed by atoms with E-state index in [4.69, 9.17) is 14.6 Å². The smallest absolute Gasteiger partial charge is 0.225 e. The zero-order valence-corrected chi connectivity index (χ0v) is 19.0. The molecule has 1 amide bonds. The minimum absolute atomic E-state index is 0.0769. The topological polar surface area (TPSA) is 56.6 Å². The molecular formula is C26H31N3O3. The van der Waals surface area contributed by atoms with Gasteiger partial charge in [-0.2, -0.15) is 5.10 Å². The van der Waals surface area contributed by atoms with Crippen LogP contribution in [0.4, 0.5) is 0 Å². The second-order valence-corrected chi connectivity index (χ2v) is 8.55. The zero-order valence-electron chi connectivity index (χ0n) is 19.0. The molecule has 0 spiro atoms. The fourth-order valence-corrected chi connectivity index (χ4v) is 4.07. The monoisotopic (exact) mass is 433 g/mol. The normalized spacial score (nSPS) is 15.8. The van der Waals surface area contributed by atoms with Crippen molar-refractivity contribution in [1.29, 1.82) is 0 Å². The third kappa shape index (κ3) is 5.02. The number of amides is 1. The number of ether oxygens (including phenoxy) is 2. The average molecular weight is 434 g/mol. The van der Waals surface area contributed by atoms with Crippen molar-refractivity contribution in [3.05, 3.63) is 66.2 Å². The van der Waals surface area contributed by atoms with E-state index in [1.807, 2.05) is 86.5 Å². The van der Waals surface area contributed by atoms with E-state index in [0.29, 0.717) is 19.0 Å². The van der Waals surface area contributed by atoms with Gasteiger partial charge in [0.15, 0.2) is 0 Å². The predicted octanol–water partition coefficient (Wildman–Crippen LogP) is 5.04. The lowest BCUT2D eigenvalue weighted by atomic mass is 10.1. The number of carbonyl (C=O) groups excluding carboxylic acids is 1. The lowest BCUT2D eigenvalue weighted by molar-refractivity contribution is -0.136. The molecule has 0 unspecified atom stereocenters. The molecule has 0 aliphatic carbocycles. The molecular weight excluding hydrogens is 402 g/mol. The van der Waals surface area contributed by atoms with Gasteiger partial charge < -0.3 is 14.4 Å². The van der Waals surface area contributed by atoms with E-state index < -0.39 is 0 Å². The van der Waals surface area contributed by atoms with Gasteiger partial charge in [-0.3, -0.25) is 4.79 Å². The van der Waals surface area contributed by atoms with Gasteiger partial charge in [-0.15, -0.1) is 0 Å². The summed E-state index contributed by atoms with van der Waals surface area (Å²) in [5, 5.41) is 4.79. The van der Waals surface area contributed by atoms with Crippen LogP contribution in [0.25, 0.3) is 11.3 Å². The Morgan fingerprint density at radius 3 is 2.47 bits per heavy atom. The van der Waals surface area contributed by atoms with Crippen molar-refractivity contribution in [2.24, 2.45) is 13.0 Å². The Hall–Kier alpha value is -3.12. The van der Waals surface area contributed by atoms with Gasteiger partial charge in [0.1, 0.15) is 11.4 Å². The summed E-state index contributed by atoms with van der Waals surface area (Å²) in [5.41, 5.74) is 2.72. The summed E-state index contributed by atoms with van der Waals surface area (Å²) in [5.74, 6) is 1.38. The van der Waals surface area contributed by atoms with E-state index >= 15 is 0 Å². The highest BCUT2D eigenvalue weighted by atomic mass is 16.5. The van der Waals surface area contributed by atoms with Crippen molar-refractivity contribution >= 4 is 5.91 Å². The maximum absolute atomic E-state index is 13.2. The van der Waals surface area contributed by atoms with Crippen LogP contribution in [-0.2, 0) is 23.1 Å². The lowest BCUT2D eigenvalue weighted by Gasteiger charge is -2.27. The number of hydrogen-bond acceptors (Lipinski definition) is 4. The van der Waals surface area contributed by atoms with Crippen molar-refractivity contribution in [2.45, 2.75) is 39.3 Å². The first-order chi connectivity index (χ1) is 15.5. The Kier molecular flexibility index (Phi) is 6.90. The van der Waals surface area contributed by atoms with E-state index in [0.717, 1.165) is 42.0 Å². The molecule has 0 bridgehead atoms. The van der Waals surface area contributed by atoms with Crippen LogP contribution in [0.2, 0.25) is 0 Å². The molecule has 32 heavy (non-hydrogen) atoms. The van der Waals surface area contributed by atoms with Crippen LogP contribution in [-0.4, -0.2) is 39.8 Å². The summed E-state index contributed by atoms with van der Waals surface area (Å²) in [6.07, 6.45) is 2.10. The van der Waals surface area contributed by atoms with Crippen LogP contribution in [0.5, 0.6) is 11.6 Å². The number of rotatable bonds is 8. The molecule has 0 radical (unpaired) electrons. The molecule has 1 atom stereocenters. The van der Waals surface area contributed by atoms with Gasteiger partial charge in [-0.25, -0.2) is 4.68 Å². The standard InChI is InChI=1S/C26H31N3O3/c1-19(2)25(30)29(17-22-15-10-16-31-22)18-23-24(20-11-6-4-7-12-20)27-28(3)26(23)32-21-13-8-5-9-14-21/h4-9,11-14,19,22H,10,15-18H2,1-3H3/t22-/m0/s1. The first-order valence-corrected chi connectivity index (χ1v) is 11.3. The SMILES string of the molecule is CC(C)C(=O)N(Cc1c(-c2ccccc2)nn(C)c1Oc1ccccc1)C[C@@H]1CCCO1. The van der Waals surface area contributed by atoms with Crippen LogP contribution >= 0.6 is 0 Å². The average Bonchev–Trinajstić information content (AvgIpc) is 3.43. The number of carbonyl (C=O) groups is 1. The van der Waals surface area contributed by atoms with Gasteiger partial charge >= 0.3 is 0 Å². The second kappa shape index (κ2) is 10.0. The highest BCUT2D eigenvalue weighted by molar-refractivity contribution is 5.78. The van der Waals surface area contributed by atoms with Crippen LogP contribution in [0, 0.1) is 5.92 Å². The molecule has 168 valence electrons. The first kappa shape index (κ1) is 22.1. The molecule has 1 fully saturated rings. The Labute approximate surface area is 189 Å². The minimum Gasteiger partial charge on any atom is -0.439 e. The molecule has 1 aromatic heterocycles. The molecule has 3 aromatic rings. The summed E-state index contributed by atoms with van der Waals surface area (Å²) >= 11 is 0. The Balaban J connectivity index is 1.73. The van der Waals surface area contributed by atoms with E-state index in [2.05, 4.69) is 0 Å². The quantitative estimate of drug-likeness (QED) is 0.499. The van der Waals surface area contributed by atoms with Crippen LogP contribution in [0.15, 0.2) is 60.7 Å². The van der Waals surface area contributed by atoms with Crippen LogP contribution in [0.1, 0.15) is 32.3 Å². The molecule has 0 saturated carbocycles. The summed E-state index contributed by atoms with van der Waals surface area (Å²) < 4.78 is 13.9. The predicted molar refractivity (Wildman–Crippen MR) is 124 cm³/mol. The summed E-state index contributed by atoms with van der Waals surface area (Å²) in [7, 11) is 1.88. The summed E-state index contributed by atoms with van der Waals surface area (Å²) in [6.45, 7) is 5.63. The maximum atomic E-state index is 13.2. The van der Waals surface area contributed by atoms with Crippen molar-refractivity contribution in [3.8, 4) is 22.9 Å². The van der Waals surface area contributed by atoms with Crippen LogP contribution in [0.3, 0.4) is 0 Å². The van der Waals surface area contributed by atoms with Crippen LogP contribution < -0.4 is 4.74 Å². The number of para-hydroxylation sites is 1. The molecule has 1 aliphatic rings. The Bertz CT molecular complexity index is 1030. The third-order valence-corrected chi connectivity index (χ3v) is 5.70. The molecule has 1 aliphatic heterocycles. The van der Waals surface area contributed by atoms with E-state index in [9.17, 15) is 4.79 Å². The van der Waals surface area contributed by atoms with Gasteiger partial charge in [0.05, 0.1) is 18.2 Å². The maximum Gasteiger partial charge on any atom is 0.225 e. The van der Waals surface area contributed by atoms with E-state index in [-0.39, 0.29) is 17.9 Å². The first-order valence-electron chi connectivity index (χ1n) is 11.3. The summed E-state index contributed by atoms with van der Waals surface area (Å²) in [6, 6.07) is 19.7. The van der Waals surface area contributed by atoms with Gasteiger partial charge in [0.25, 0.3) is 0 Å². The van der Waals surface area contributed by atoms with E-state index in [1.54, 1.807) is 4.68 Å². The van der Waals surface area contributed by atoms with Crippen molar-refractivity contribution in [2.75, 3.05) is 13.2 Å². The molecule has 2 aromatic carbocycles. The number of hydrogen-bond donors (Lipinski definition) is 0. The highest BCUT2D eigenvalue weighted by Gasteiger charge is 2.28. The van der Waals surface area contributed by atoms with Crippen molar-refractivity contribution < 1.29 is 14.3 Å². The van der Waals surface area contributed by atoms with Gasteiger partial charge in [0.2, 0.25) is 11.8 Å². The molecule has 4 rings (SSSR count). The fraction of sp³-hybridized carbons (Fsp3) is 0.385. The number of aryl methyl sites for hydroxylation is 1. The Morgan fingerprint density at radius 1 is 1.16 bits per heavy atom. The third-order valence-electron chi connectivity index (χ3n) is 5.70. The van der Waals surface area contributed by atoms with Gasteiger partial charge in [-0.1, -0.05) is 62.4 Å². The summed E-state index contributed by atoms with van der Waals surface area (Å²) in [4.78, 5) is 15.1.